The predicted octanol–water partition coefficient (Wildman–Crippen LogP) is 3.96. The van der Waals surface area contributed by atoms with Crippen LogP contribution in [0.2, 0.25) is 5.02 Å². The van der Waals surface area contributed by atoms with Gasteiger partial charge in [-0.3, -0.25) is 10.4 Å². The average Bonchev–Trinajstić information content (AvgIpc) is 2.47. The number of nitrogens with two attached hydrogens (primary N) is 1. The van der Waals surface area contributed by atoms with Gasteiger partial charge in [0.1, 0.15) is 17.1 Å². The van der Waals surface area contributed by atoms with E-state index in [0.29, 0.717) is 22.1 Å². The Morgan fingerprint density at radius 1 is 1.05 bits per heavy atom. The highest BCUT2D eigenvalue weighted by Crippen LogP contribution is 2.33. The molecule has 104 valence electrons. The molecule has 2 aromatic carbocycles. The highest BCUT2D eigenvalue weighted by molar-refractivity contribution is 6.34. The number of fused-ring (bicyclic) bond motifs is 1. The highest BCUT2D eigenvalue weighted by Gasteiger charge is 2.13. The third-order valence-electron chi connectivity index (χ3n) is 3.06. The monoisotopic (exact) mass is 297 g/mol. The van der Waals surface area contributed by atoms with Crippen molar-refractivity contribution in [2.24, 2.45) is 5.73 Å². The summed E-state index contributed by atoms with van der Waals surface area (Å²) in [6.07, 6.45) is 1.71. The molecule has 3 N–H and O–H groups in total. The second-order valence-electron chi connectivity index (χ2n) is 4.46. The number of halogens is 1. The molecule has 0 atom stereocenters. The lowest BCUT2D eigenvalue weighted by Crippen LogP contribution is -2.13. The minimum Gasteiger partial charge on any atom is -0.454 e. The van der Waals surface area contributed by atoms with Crippen LogP contribution >= 0.6 is 11.6 Å². The molecule has 0 bridgehead atoms. The van der Waals surface area contributed by atoms with Gasteiger partial charge in [0.2, 0.25) is 0 Å². The van der Waals surface area contributed by atoms with E-state index in [4.69, 9.17) is 27.5 Å². The van der Waals surface area contributed by atoms with E-state index >= 15 is 0 Å². The number of aromatic nitrogens is 1. The van der Waals surface area contributed by atoms with Crippen LogP contribution in [0.3, 0.4) is 0 Å². The van der Waals surface area contributed by atoms with Gasteiger partial charge in [-0.25, -0.2) is 0 Å². The number of amidine groups is 1. The van der Waals surface area contributed by atoms with Gasteiger partial charge in [-0.15, -0.1) is 0 Å². The molecule has 0 unspecified atom stereocenters. The van der Waals surface area contributed by atoms with Crippen molar-refractivity contribution in [2.75, 3.05) is 0 Å². The van der Waals surface area contributed by atoms with Gasteiger partial charge in [-0.1, -0.05) is 35.9 Å². The molecule has 0 aliphatic heterocycles. The highest BCUT2D eigenvalue weighted by atomic mass is 35.5. The maximum absolute atomic E-state index is 7.64. The second kappa shape index (κ2) is 5.42. The normalized spacial score (nSPS) is 10.5. The first-order chi connectivity index (χ1) is 10.2. The molecule has 0 radical (unpaired) electrons. The van der Waals surface area contributed by atoms with Gasteiger partial charge in [-0.2, -0.15) is 0 Å². The molecule has 5 heteroatoms. The van der Waals surface area contributed by atoms with Crippen LogP contribution in [0.4, 0.5) is 0 Å². The number of nitrogens with one attached hydrogen (secondary N) is 1. The SMILES string of the molecule is N=C(N)c1c(Cl)cccc1Oc1cccc2cccnc12. The Kier molecular flexibility index (Phi) is 3.46. The lowest BCUT2D eigenvalue weighted by atomic mass is 10.1. The van der Waals surface area contributed by atoms with Crippen molar-refractivity contribution in [1.82, 2.24) is 4.98 Å². The fourth-order valence-electron chi connectivity index (χ4n) is 2.13. The quantitative estimate of drug-likeness (QED) is 0.567. The zero-order chi connectivity index (χ0) is 14.8. The van der Waals surface area contributed by atoms with E-state index in [1.807, 2.05) is 30.3 Å². The molecule has 4 nitrogen and oxygen atoms in total. The molecule has 0 aliphatic carbocycles. The van der Waals surface area contributed by atoms with Crippen LogP contribution in [0, 0.1) is 5.41 Å². The Hall–Kier alpha value is -2.59. The van der Waals surface area contributed by atoms with E-state index in [2.05, 4.69) is 4.98 Å². The molecule has 0 spiro atoms. The molecule has 0 aliphatic rings. The van der Waals surface area contributed by atoms with Crippen molar-refractivity contribution >= 4 is 28.3 Å². The second-order valence-corrected chi connectivity index (χ2v) is 4.87. The van der Waals surface area contributed by atoms with Crippen molar-refractivity contribution < 1.29 is 4.74 Å². The summed E-state index contributed by atoms with van der Waals surface area (Å²) in [4.78, 5) is 4.33. The number of hydrogen-bond acceptors (Lipinski definition) is 3. The predicted molar refractivity (Wildman–Crippen MR) is 84.3 cm³/mol. The zero-order valence-corrected chi connectivity index (χ0v) is 11.8. The maximum Gasteiger partial charge on any atom is 0.153 e. The third kappa shape index (κ3) is 2.53. The van der Waals surface area contributed by atoms with Crippen molar-refractivity contribution in [3.05, 3.63) is 65.3 Å². The van der Waals surface area contributed by atoms with Crippen LogP contribution in [0.15, 0.2) is 54.7 Å². The van der Waals surface area contributed by atoms with Gasteiger partial charge >= 0.3 is 0 Å². The summed E-state index contributed by atoms with van der Waals surface area (Å²) < 4.78 is 5.90. The van der Waals surface area contributed by atoms with E-state index in [9.17, 15) is 0 Å². The number of pyridine rings is 1. The molecular weight excluding hydrogens is 286 g/mol. The van der Waals surface area contributed by atoms with Gasteiger partial charge in [0.25, 0.3) is 0 Å². The number of benzene rings is 2. The Labute approximate surface area is 126 Å². The van der Waals surface area contributed by atoms with Gasteiger partial charge in [-0.05, 0) is 24.3 Å². The molecule has 3 aromatic rings. The molecule has 0 saturated heterocycles. The first-order valence-corrected chi connectivity index (χ1v) is 6.69. The first kappa shape index (κ1) is 13.4. The zero-order valence-electron chi connectivity index (χ0n) is 11.0. The summed E-state index contributed by atoms with van der Waals surface area (Å²) in [7, 11) is 0. The Morgan fingerprint density at radius 3 is 2.57 bits per heavy atom. The smallest absolute Gasteiger partial charge is 0.153 e. The molecule has 1 heterocycles. The largest absolute Gasteiger partial charge is 0.454 e. The summed E-state index contributed by atoms with van der Waals surface area (Å²) in [5, 5.41) is 9.00. The Bertz CT molecular complexity index is 827. The lowest BCUT2D eigenvalue weighted by Gasteiger charge is -2.12. The van der Waals surface area contributed by atoms with Crippen LogP contribution < -0.4 is 10.5 Å². The fourth-order valence-corrected chi connectivity index (χ4v) is 2.40. The molecule has 3 rings (SSSR count). The molecular formula is C16H12ClN3O. The van der Waals surface area contributed by atoms with Gasteiger partial charge in [0.05, 0.1) is 10.6 Å². The van der Waals surface area contributed by atoms with Crippen molar-refractivity contribution in [3.8, 4) is 11.5 Å². The standard InChI is InChI=1S/C16H12ClN3O/c17-11-6-2-7-12(14(11)16(18)19)21-13-8-1-4-10-5-3-9-20-15(10)13/h1-9H,(H3,18,19). The molecule has 0 fully saturated rings. The molecule has 1 aromatic heterocycles. The first-order valence-electron chi connectivity index (χ1n) is 6.31. The minimum atomic E-state index is -0.135. The van der Waals surface area contributed by atoms with Crippen LogP contribution in [-0.2, 0) is 0 Å². The van der Waals surface area contributed by atoms with Gasteiger partial charge < -0.3 is 10.5 Å². The van der Waals surface area contributed by atoms with E-state index < -0.39 is 0 Å². The maximum atomic E-state index is 7.64. The van der Waals surface area contributed by atoms with Crippen molar-refractivity contribution in [3.63, 3.8) is 0 Å². The van der Waals surface area contributed by atoms with Crippen molar-refractivity contribution in [1.29, 1.82) is 5.41 Å². The Morgan fingerprint density at radius 2 is 1.76 bits per heavy atom. The van der Waals surface area contributed by atoms with Crippen LogP contribution in [-0.4, -0.2) is 10.8 Å². The molecule has 0 amide bonds. The van der Waals surface area contributed by atoms with E-state index in [1.54, 1.807) is 24.4 Å². The average molecular weight is 298 g/mol. The topological polar surface area (TPSA) is 72.0 Å². The summed E-state index contributed by atoms with van der Waals surface area (Å²) in [6, 6.07) is 14.6. The number of hydrogen-bond donors (Lipinski definition) is 2. The van der Waals surface area contributed by atoms with E-state index in [-0.39, 0.29) is 5.84 Å². The van der Waals surface area contributed by atoms with Crippen LogP contribution in [0.5, 0.6) is 11.5 Å². The lowest BCUT2D eigenvalue weighted by molar-refractivity contribution is 0.486. The van der Waals surface area contributed by atoms with Crippen molar-refractivity contribution in [2.45, 2.75) is 0 Å². The number of para-hydroxylation sites is 1. The summed E-state index contributed by atoms with van der Waals surface area (Å²) in [5.41, 5.74) is 6.71. The van der Waals surface area contributed by atoms with Gasteiger partial charge in [0.15, 0.2) is 5.75 Å². The number of nitrogens with zero attached hydrogens (tertiary/aromatic N) is 1. The van der Waals surface area contributed by atoms with Gasteiger partial charge in [0, 0.05) is 11.6 Å². The summed E-state index contributed by atoms with van der Waals surface area (Å²) in [5.74, 6) is 0.898. The number of ether oxygens (including phenoxy) is 1. The molecule has 21 heavy (non-hydrogen) atoms. The summed E-state index contributed by atoms with van der Waals surface area (Å²) >= 11 is 6.09. The number of nitrogen functional groups attached to an aromatic ring is 1. The van der Waals surface area contributed by atoms with E-state index in [0.717, 1.165) is 10.9 Å². The fraction of sp³-hybridized carbons (Fsp3) is 0. The van der Waals surface area contributed by atoms with Crippen LogP contribution in [0.25, 0.3) is 10.9 Å². The summed E-state index contributed by atoms with van der Waals surface area (Å²) in [6.45, 7) is 0. The van der Waals surface area contributed by atoms with Crippen LogP contribution in [0.1, 0.15) is 5.56 Å². The molecule has 0 saturated carbocycles. The Balaban J connectivity index is 2.12. The third-order valence-corrected chi connectivity index (χ3v) is 3.38. The number of rotatable bonds is 3. The minimum absolute atomic E-state index is 0.135. The van der Waals surface area contributed by atoms with E-state index in [1.165, 1.54) is 0 Å².